The summed E-state index contributed by atoms with van der Waals surface area (Å²) in [5.74, 6) is 2.02. The molecule has 3 aromatic heterocycles. The molecule has 1 amide bonds. The van der Waals surface area contributed by atoms with Gasteiger partial charge in [-0.05, 0) is 31.9 Å². The van der Waals surface area contributed by atoms with Gasteiger partial charge in [0, 0.05) is 36.3 Å². The van der Waals surface area contributed by atoms with Crippen LogP contribution in [0.25, 0.3) is 16.7 Å². The predicted molar refractivity (Wildman–Crippen MR) is 115 cm³/mol. The minimum Gasteiger partial charge on any atom is -0.368 e. The number of anilines is 2. The van der Waals surface area contributed by atoms with Gasteiger partial charge in [-0.1, -0.05) is 18.2 Å². The number of aromatic nitrogens is 5. The monoisotopic (exact) mass is 402 g/mol. The van der Waals surface area contributed by atoms with Crippen LogP contribution in [0.5, 0.6) is 0 Å². The van der Waals surface area contributed by atoms with Crippen LogP contribution >= 0.6 is 0 Å². The van der Waals surface area contributed by atoms with Crippen LogP contribution in [-0.4, -0.2) is 49.6 Å². The van der Waals surface area contributed by atoms with Gasteiger partial charge in [0.15, 0.2) is 0 Å². The van der Waals surface area contributed by atoms with Gasteiger partial charge in [-0.2, -0.15) is 14.6 Å². The van der Waals surface area contributed by atoms with Crippen LogP contribution in [0.2, 0.25) is 0 Å². The Kier molecular flexibility index (Phi) is 4.62. The standard InChI is InChI=1S/C21H22N8O/c1-13-10-19(29-21(26-13)24-12-25-29)23-9-8-22-18-11-16(20(30)27-14-6-7-14)15-4-2-3-5-17(15)28-18/h2-5,10-12,14,23H,6-9H2,1H3,(H,22,28)(H,27,30). The molecule has 30 heavy (non-hydrogen) atoms. The summed E-state index contributed by atoms with van der Waals surface area (Å²) in [5.41, 5.74) is 2.32. The predicted octanol–water partition coefficient (Wildman–Crippen LogP) is 2.40. The lowest BCUT2D eigenvalue weighted by Gasteiger charge is -2.12. The average molecular weight is 402 g/mol. The van der Waals surface area contributed by atoms with Crippen LogP contribution in [0, 0.1) is 6.92 Å². The van der Waals surface area contributed by atoms with Gasteiger partial charge in [0.2, 0.25) is 0 Å². The van der Waals surface area contributed by atoms with E-state index in [0.29, 0.717) is 36.3 Å². The molecule has 9 nitrogen and oxygen atoms in total. The topological polar surface area (TPSA) is 109 Å². The van der Waals surface area contributed by atoms with Crippen molar-refractivity contribution in [1.82, 2.24) is 29.9 Å². The summed E-state index contributed by atoms with van der Waals surface area (Å²) >= 11 is 0. The van der Waals surface area contributed by atoms with Gasteiger partial charge in [0.1, 0.15) is 18.0 Å². The van der Waals surface area contributed by atoms with E-state index in [1.807, 2.05) is 43.3 Å². The Hall–Kier alpha value is -3.75. The molecule has 1 aliphatic carbocycles. The zero-order chi connectivity index (χ0) is 20.5. The third kappa shape index (κ3) is 3.73. The quantitative estimate of drug-likeness (QED) is 0.407. The molecule has 1 fully saturated rings. The van der Waals surface area contributed by atoms with Crippen molar-refractivity contribution in [2.24, 2.45) is 0 Å². The van der Waals surface area contributed by atoms with E-state index in [1.165, 1.54) is 6.33 Å². The third-order valence-electron chi connectivity index (χ3n) is 4.99. The Morgan fingerprint density at radius 1 is 1.13 bits per heavy atom. The molecule has 0 spiro atoms. The molecule has 5 rings (SSSR count). The molecule has 0 radical (unpaired) electrons. The summed E-state index contributed by atoms with van der Waals surface area (Å²) in [7, 11) is 0. The molecular formula is C21H22N8O. The maximum Gasteiger partial charge on any atom is 0.254 e. The Bertz CT molecular complexity index is 1230. The molecule has 0 aliphatic heterocycles. The van der Waals surface area contributed by atoms with Crippen molar-refractivity contribution < 1.29 is 4.79 Å². The van der Waals surface area contributed by atoms with Gasteiger partial charge in [-0.3, -0.25) is 4.79 Å². The van der Waals surface area contributed by atoms with Crippen molar-refractivity contribution in [3.8, 4) is 0 Å². The number of fused-ring (bicyclic) bond motifs is 2. The number of amides is 1. The smallest absolute Gasteiger partial charge is 0.254 e. The van der Waals surface area contributed by atoms with Crippen LogP contribution in [-0.2, 0) is 0 Å². The Morgan fingerprint density at radius 2 is 1.97 bits per heavy atom. The normalized spacial score (nSPS) is 13.5. The molecule has 3 N–H and O–H groups in total. The van der Waals surface area contributed by atoms with Gasteiger partial charge >= 0.3 is 0 Å². The number of benzene rings is 1. The number of pyridine rings is 1. The molecule has 0 saturated heterocycles. The molecule has 152 valence electrons. The number of hydrogen-bond donors (Lipinski definition) is 3. The molecule has 9 heteroatoms. The molecule has 0 atom stereocenters. The second-order valence-corrected chi connectivity index (χ2v) is 7.43. The number of aryl methyl sites for hydroxylation is 1. The van der Waals surface area contributed by atoms with Crippen molar-refractivity contribution in [3.63, 3.8) is 0 Å². The molecule has 4 aromatic rings. The maximum absolute atomic E-state index is 12.7. The summed E-state index contributed by atoms with van der Waals surface area (Å²) in [4.78, 5) is 25.8. The summed E-state index contributed by atoms with van der Waals surface area (Å²) in [6.45, 7) is 3.18. The molecule has 1 aliphatic rings. The lowest BCUT2D eigenvalue weighted by molar-refractivity contribution is 0.0952. The highest BCUT2D eigenvalue weighted by atomic mass is 16.1. The van der Waals surface area contributed by atoms with Crippen molar-refractivity contribution in [2.45, 2.75) is 25.8 Å². The van der Waals surface area contributed by atoms with E-state index in [0.717, 1.165) is 35.3 Å². The van der Waals surface area contributed by atoms with Crippen LogP contribution in [0.15, 0.2) is 42.7 Å². The fourth-order valence-corrected chi connectivity index (χ4v) is 3.38. The summed E-state index contributed by atoms with van der Waals surface area (Å²) in [6.07, 6.45) is 3.59. The lowest BCUT2D eigenvalue weighted by atomic mass is 10.1. The fourth-order valence-electron chi connectivity index (χ4n) is 3.38. The SMILES string of the molecule is Cc1cc(NCCNc2cc(C(=O)NC3CC3)c3ccccc3n2)n2ncnc2n1. The van der Waals surface area contributed by atoms with Crippen molar-refractivity contribution in [1.29, 1.82) is 0 Å². The van der Waals surface area contributed by atoms with Crippen LogP contribution in [0.1, 0.15) is 28.9 Å². The number of nitrogens with zero attached hydrogens (tertiary/aromatic N) is 5. The number of para-hydroxylation sites is 1. The Labute approximate surface area is 172 Å². The maximum atomic E-state index is 12.7. The van der Waals surface area contributed by atoms with E-state index in [9.17, 15) is 4.79 Å². The van der Waals surface area contributed by atoms with Crippen molar-refractivity contribution in [3.05, 3.63) is 54.0 Å². The first kappa shape index (κ1) is 18.3. The highest BCUT2D eigenvalue weighted by molar-refractivity contribution is 6.07. The van der Waals surface area contributed by atoms with E-state index in [-0.39, 0.29) is 5.91 Å². The van der Waals surface area contributed by atoms with Crippen molar-refractivity contribution in [2.75, 3.05) is 23.7 Å². The van der Waals surface area contributed by atoms with Crippen LogP contribution < -0.4 is 16.0 Å². The lowest BCUT2D eigenvalue weighted by Crippen LogP contribution is -2.26. The van der Waals surface area contributed by atoms with E-state index in [1.54, 1.807) is 4.52 Å². The first-order chi connectivity index (χ1) is 14.7. The minimum absolute atomic E-state index is 0.0434. The molecule has 3 heterocycles. The highest BCUT2D eigenvalue weighted by Gasteiger charge is 2.25. The van der Waals surface area contributed by atoms with Crippen molar-refractivity contribution >= 4 is 34.2 Å². The van der Waals surface area contributed by atoms with Crippen LogP contribution in [0.4, 0.5) is 11.6 Å². The van der Waals surface area contributed by atoms with Crippen LogP contribution in [0.3, 0.4) is 0 Å². The summed E-state index contributed by atoms with van der Waals surface area (Å²) in [6, 6.07) is 11.8. The fraction of sp³-hybridized carbons (Fsp3) is 0.286. The third-order valence-corrected chi connectivity index (χ3v) is 4.99. The molecule has 0 unspecified atom stereocenters. The number of hydrogen-bond acceptors (Lipinski definition) is 7. The van der Waals surface area contributed by atoms with E-state index >= 15 is 0 Å². The van der Waals surface area contributed by atoms with E-state index in [2.05, 4.69) is 36.0 Å². The Balaban J connectivity index is 1.30. The van der Waals surface area contributed by atoms with Gasteiger partial charge in [-0.15, -0.1) is 0 Å². The largest absolute Gasteiger partial charge is 0.368 e. The van der Waals surface area contributed by atoms with Gasteiger partial charge < -0.3 is 16.0 Å². The van der Waals surface area contributed by atoms with E-state index in [4.69, 9.17) is 0 Å². The van der Waals surface area contributed by atoms with Gasteiger partial charge in [-0.25, -0.2) is 9.97 Å². The van der Waals surface area contributed by atoms with Gasteiger partial charge in [0.05, 0.1) is 11.1 Å². The zero-order valence-electron chi connectivity index (χ0n) is 16.6. The number of carbonyl (C=O) groups excluding carboxylic acids is 1. The molecule has 1 saturated carbocycles. The second kappa shape index (κ2) is 7.58. The van der Waals surface area contributed by atoms with E-state index < -0.39 is 0 Å². The number of carbonyl (C=O) groups is 1. The highest BCUT2D eigenvalue weighted by Crippen LogP contribution is 2.24. The first-order valence-electron chi connectivity index (χ1n) is 10.0. The number of rotatable bonds is 7. The number of nitrogens with one attached hydrogen (secondary N) is 3. The molecule has 0 bridgehead atoms. The summed E-state index contributed by atoms with van der Waals surface area (Å²) < 4.78 is 1.67. The zero-order valence-corrected chi connectivity index (χ0v) is 16.6. The Morgan fingerprint density at radius 3 is 2.83 bits per heavy atom. The summed E-state index contributed by atoms with van der Waals surface area (Å²) in [5, 5.41) is 14.8. The molecular weight excluding hydrogens is 380 g/mol. The first-order valence-corrected chi connectivity index (χ1v) is 10.0. The second-order valence-electron chi connectivity index (χ2n) is 7.43. The molecule has 1 aromatic carbocycles. The van der Waals surface area contributed by atoms with Gasteiger partial charge in [0.25, 0.3) is 11.7 Å². The minimum atomic E-state index is -0.0434. The average Bonchev–Trinajstić information content (AvgIpc) is 3.43.